The molecule has 1 aromatic rings. The van der Waals surface area contributed by atoms with Gasteiger partial charge in [-0.05, 0) is 29.7 Å². The maximum absolute atomic E-state index is 10.5. The van der Waals surface area contributed by atoms with Crippen molar-refractivity contribution in [2.24, 2.45) is 0 Å². The molecule has 0 amide bonds. The van der Waals surface area contributed by atoms with E-state index in [0.717, 1.165) is 5.56 Å². The predicted molar refractivity (Wildman–Crippen MR) is 61.2 cm³/mol. The molecule has 0 bridgehead atoms. The van der Waals surface area contributed by atoms with Gasteiger partial charge in [0.25, 0.3) is 5.70 Å². The first-order valence-corrected chi connectivity index (χ1v) is 4.76. The van der Waals surface area contributed by atoms with Crippen LogP contribution in [0.15, 0.2) is 30.8 Å². The molecule has 0 N–H and O–H groups in total. The maximum Gasteiger partial charge on any atom is 0.269 e. The van der Waals surface area contributed by atoms with E-state index in [1.165, 1.54) is 0 Å². The second-order valence-corrected chi connectivity index (χ2v) is 4.53. The fourth-order valence-corrected chi connectivity index (χ4v) is 1.27. The molecule has 1 rings (SSSR count). The minimum Gasteiger partial charge on any atom is -0.258 e. The summed E-state index contributed by atoms with van der Waals surface area (Å²) in [5.41, 5.74) is 1.72. The van der Waals surface area contributed by atoms with Gasteiger partial charge in [-0.3, -0.25) is 10.1 Å². The number of nitro groups is 1. The molecule has 0 aromatic heterocycles. The van der Waals surface area contributed by atoms with Gasteiger partial charge in [0, 0.05) is 0 Å². The van der Waals surface area contributed by atoms with E-state index in [9.17, 15) is 10.1 Å². The largest absolute Gasteiger partial charge is 0.269 e. The standard InChI is InChI=1S/C12H15NO2/c1-9(13(14)15)10-5-7-11(8-6-10)12(2,3)4/h5-8H,1H2,2-4H3. The van der Waals surface area contributed by atoms with E-state index < -0.39 is 4.92 Å². The molecule has 0 unspecified atom stereocenters. The molecule has 0 aliphatic heterocycles. The Balaban J connectivity index is 3.01. The van der Waals surface area contributed by atoms with Crippen LogP contribution in [0.1, 0.15) is 31.9 Å². The molecule has 0 spiro atoms. The van der Waals surface area contributed by atoms with Crippen molar-refractivity contribution >= 4 is 5.70 Å². The van der Waals surface area contributed by atoms with E-state index in [1.807, 2.05) is 12.1 Å². The number of hydrogen-bond donors (Lipinski definition) is 0. The lowest BCUT2D eigenvalue weighted by Crippen LogP contribution is -2.10. The average molecular weight is 205 g/mol. The molecule has 0 radical (unpaired) electrons. The Morgan fingerprint density at radius 3 is 2.07 bits per heavy atom. The maximum atomic E-state index is 10.5. The highest BCUT2D eigenvalue weighted by Crippen LogP contribution is 2.23. The zero-order chi connectivity index (χ0) is 11.6. The second kappa shape index (κ2) is 3.85. The Labute approximate surface area is 89.6 Å². The Morgan fingerprint density at radius 2 is 1.73 bits per heavy atom. The molecular weight excluding hydrogens is 190 g/mol. The van der Waals surface area contributed by atoms with Crippen molar-refractivity contribution in [1.29, 1.82) is 0 Å². The van der Waals surface area contributed by atoms with Crippen LogP contribution in [-0.4, -0.2) is 4.92 Å². The van der Waals surface area contributed by atoms with E-state index in [0.29, 0.717) is 5.56 Å². The highest BCUT2D eigenvalue weighted by Gasteiger charge is 2.15. The fourth-order valence-electron chi connectivity index (χ4n) is 1.27. The minimum atomic E-state index is -0.466. The first-order chi connectivity index (χ1) is 6.82. The molecule has 3 heteroatoms. The van der Waals surface area contributed by atoms with Gasteiger partial charge in [-0.25, -0.2) is 0 Å². The molecule has 0 aliphatic carbocycles. The van der Waals surface area contributed by atoms with Gasteiger partial charge >= 0.3 is 0 Å². The summed E-state index contributed by atoms with van der Waals surface area (Å²) in [6.07, 6.45) is 0. The third-order valence-corrected chi connectivity index (χ3v) is 2.30. The summed E-state index contributed by atoms with van der Waals surface area (Å²) in [5.74, 6) is 0. The van der Waals surface area contributed by atoms with E-state index in [1.54, 1.807) is 12.1 Å². The summed E-state index contributed by atoms with van der Waals surface area (Å²) in [5, 5.41) is 10.5. The van der Waals surface area contributed by atoms with Crippen molar-refractivity contribution in [1.82, 2.24) is 0 Å². The lowest BCUT2D eigenvalue weighted by Gasteiger charge is -2.18. The lowest BCUT2D eigenvalue weighted by atomic mass is 9.86. The van der Waals surface area contributed by atoms with Gasteiger partial charge in [0.2, 0.25) is 0 Å². The monoisotopic (exact) mass is 205 g/mol. The van der Waals surface area contributed by atoms with Crippen molar-refractivity contribution < 1.29 is 4.92 Å². The molecule has 0 saturated carbocycles. The molecule has 0 fully saturated rings. The van der Waals surface area contributed by atoms with E-state index in [2.05, 4.69) is 27.4 Å². The van der Waals surface area contributed by atoms with Gasteiger partial charge in [-0.1, -0.05) is 32.9 Å². The second-order valence-electron chi connectivity index (χ2n) is 4.53. The first-order valence-electron chi connectivity index (χ1n) is 4.76. The van der Waals surface area contributed by atoms with Crippen LogP contribution in [-0.2, 0) is 5.41 Å². The van der Waals surface area contributed by atoms with Crippen LogP contribution >= 0.6 is 0 Å². The molecule has 1 aromatic carbocycles. The van der Waals surface area contributed by atoms with Gasteiger partial charge in [-0.15, -0.1) is 0 Å². The van der Waals surface area contributed by atoms with Gasteiger partial charge < -0.3 is 0 Å². The third kappa shape index (κ3) is 2.65. The van der Waals surface area contributed by atoms with E-state index >= 15 is 0 Å². The molecule has 0 atom stereocenters. The molecule has 0 aliphatic rings. The Hall–Kier alpha value is -1.64. The van der Waals surface area contributed by atoms with Gasteiger partial charge in [0.15, 0.2) is 0 Å². The van der Waals surface area contributed by atoms with Crippen molar-refractivity contribution in [2.75, 3.05) is 0 Å². The van der Waals surface area contributed by atoms with Crippen LogP contribution in [0.5, 0.6) is 0 Å². The normalized spacial score (nSPS) is 11.1. The fraction of sp³-hybridized carbons (Fsp3) is 0.333. The van der Waals surface area contributed by atoms with Crippen molar-refractivity contribution in [3.63, 3.8) is 0 Å². The number of benzene rings is 1. The molecule has 80 valence electrons. The van der Waals surface area contributed by atoms with Crippen LogP contribution < -0.4 is 0 Å². The van der Waals surface area contributed by atoms with Crippen molar-refractivity contribution in [3.8, 4) is 0 Å². The van der Waals surface area contributed by atoms with Crippen molar-refractivity contribution in [2.45, 2.75) is 26.2 Å². The molecule has 15 heavy (non-hydrogen) atoms. The summed E-state index contributed by atoms with van der Waals surface area (Å²) in [6, 6.07) is 7.30. The summed E-state index contributed by atoms with van der Waals surface area (Å²) in [7, 11) is 0. The summed E-state index contributed by atoms with van der Waals surface area (Å²) >= 11 is 0. The zero-order valence-corrected chi connectivity index (χ0v) is 9.28. The predicted octanol–water partition coefficient (Wildman–Crippen LogP) is 3.23. The minimum absolute atomic E-state index is 0.0598. The Kier molecular flexibility index (Phi) is 2.93. The SMILES string of the molecule is C=C(c1ccc(C(C)(C)C)cc1)[N+](=O)[O-]. The topological polar surface area (TPSA) is 43.1 Å². The molecular formula is C12H15NO2. The van der Waals surface area contributed by atoms with Crippen molar-refractivity contribution in [3.05, 3.63) is 52.1 Å². The quantitative estimate of drug-likeness (QED) is 0.549. The van der Waals surface area contributed by atoms with E-state index in [-0.39, 0.29) is 11.1 Å². The van der Waals surface area contributed by atoms with Gasteiger partial charge in [0.1, 0.15) is 0 Å². The Morgan fingerprint density at radius 1 is 1.27 bits per heavy atom. The third-order valence-electron chi connectivity index (χ3n) is 2.30. The highest BCUT2D eigenvalue weighted by molar-refractivity contribution is 5.56. The zero-order valence-electron chi connectivity index (χ0n) is 9.28. The summed E-state index contributed by atoms with van der Waals surface area (Å²) < 4.78 is 0. The smallest absolute Gasteiger partial charge is 0.258 e. The number of hydrogen-bond acceptors (Lipinski definition) is 2. The Bertz CT molecular complexity index is 385. The van der Waals surface area contributed by atoms with Crippen LogP contribution in [0, 0.1) is 10.1 Å². The average Bonchev–Trinajstić information content (AvgIpc) is 2.15. The summed E-state index contributed by atoms with van der Waals surface area (Å²) in [6.45, 7) is 9.72. The first kappa shape index (κ1) is 11.4. The molecule has 3 nitrogen and oxygen atoms in total. The van der Waals surface area contributed by atoms with Crippen LogP contribution in [0.4, 0.5) is 0 Å². The van der Waals surface area contributed by atoms with Crippen LogP contribution in [0.3, 0.4) is 0 Å². The molecule has 0 heterocycles. The summed E-state index contributed by atoms with van der Waals surface area (Å²) in [4.78, 5) is 10.0. The molecule has 0 saturated heterocycles. The van der Waals surface area contributed by atoms with E-state index in [4.69, 9.17) is 0 Å². The highest BCUT2D eigenvalue weighted by atomic mass is 16.6. The van der Waals surface area contributed by atoms with Gasteiger partial charge in [0.05, 0.1) is 10.5 Å². The number of nitrogens with zero attached hydrogens (tertiary/aromatic N) is 1. The van der Waals surface area contributed by atoms with Crippen LogP contribution in [0.25, 0.3) is 5.70 Å². The van der Waals surface area contributed by atoms with Crippen LogP contribution in [0.2, 0.25) is 0 Å². The van der Waals surface area contributed by atoms with Gasteiger partial charge in [-0.2, -0.15) is 0 Å². The number of rotatable bonds is 2. The lowest BCUT2D eigenvalue weighted by molar-refractivity contribution is -0.375.